The van der Waals surface area contributed by atoms with Crippen LogP contribution in [0.15, 0.2) is 84.1 Å². The minimum absolute atomic E-state index is 0.000256. The predicted molar refractivity (Wildman–Crippen MR) is 141 cm³/mol. The fraction of sp³-hybridized carbons (Fsp3) is 0.241. The van der Waals surface area contributed by atoms with E-state index in [0.717, 1.165) is 22.5 Å². The van der Waals surface area contributed by atoms with Crippen LogP contribution in [-0.4, -0.2) is 23.7 Å². The van der Waals surface area contributed by atoms with Gasteiger partial charge in [0.1, 0.15) is 5.75 Å². The van der Waals surface area contributed by atoms with Crippen molar-refractivity contribution in [3.63, 3.8) is 0 Å². The number of ketones is 1. The van der Waals surface area contributed by atoms with E-state index in [0.29, 0.717) is 23.4 Å². The molecule has 0 saturated heterocycles. The van der Waals surface area contributed by atoms with E-state index in [1.807, 2.05) is 61.5 Å². The van der Waals surface area contributed by atoms with Gasteiger partial charge in [-0.25, -0.2) is 0 Å². The van der Waals surface area contributed by atoms with Crippen LogP contribution in [0.25, 0.3) is 0 Å². The average molecular weight is 498 g/mol. The molecule has 1 aliphatic heterocycles. The van der Waals surface area contributed by atoms with Crippen molar-refractivity contribution in [1.29, 1.82) is 0 Å². The number of nitrogens with one attached hydrogen (secondary N) is 1. The Hall–Kier alpha value is -4.46. The Kier molecular flexibility index (Phi) is 6.48. The first kappa shape index (κ1) is 24.2. The van der Waals surface area contributed by atoms with Crippen molar-refractivity contribution in [2.75, 3.05) is 17.3 Å². The lowest BCUT2D eigenvalue weighted by molar-refractivity contribution is -0.384. The molecular formula is C29H27N3O5. The molecule has 1 N–H and O–H groups in total. The van der Waals surface area contributed by atoms with Crippen molar-refractivity contribution in [3.05, 3.63) is 105 Å². The van der Waals surface area contributed by atoms with Gasteiger partial charge in [0, 0.05) is 36.2 Å². The molecule has 3 aromatic rings. The summed E-state index contributed by atoms with van der Waals surface area (Å²) in [6, 6.07) is 20.8. The van der Waals surface area contributed by atoms with E-state index in [4.69, 9.17) is 4.74 Å². The Labute approximate surface area is 214 Å². The molecule has 0 fully saturated rings. The highest BCUT2D eigenvalue weighted by Gasteiger charge is 2.41. The number of methoxy groups -OCH3 is 1. The molecular weight excluding hydrogens is 470 g/mol. The van der Waals surface area contributed by atoms with E-state index in [2.05, 4.69) is 5.32 Å². The molecule has 1 amide bonds. The summed E-state index contributed by atoms with van der Waals surface area (Å²) in [4.78, 5) is 40.0. The minimum Gasteiger partial charge on any atom is -0.497 e. The summed E-state index contributed by atoms with van der Waals surface area (Å²) < 4.78 is 5.33. The average Bonchev–Trinajstić information content (AvgIpc) is 3.07. The number of benzene rings is 3. The van der Waals surface area contributed by atoms with Crippen LogP contribution in [-0.2, 0) is 9.59 Å². The zero-order chi connectivity index (χ0) is 26.1. The molecule has 0 spiro atoms. The van der Waals surface area contributed by atoms with Gasteiger partial charge in [0.25, 0.3) is 5.69 Å². The summed E-state index contributed by atoms with van der Waals surface area (Å²) in [5.41, 5.74) is 4.26. The van der Waals surface area contributed by atoms with Gasteiger partial charge in [-0.05, 0) is 47.7 Å². The molecule has 0 saturated carbocycles. The van der Waals surface area contributed by atoms with Crippen LogP contribution in [0.4, 0.5) is 17.1 Å². The van der Waals surface area contributed by atoms with Crippen LogP contribution in [0.3, 0.4) is 0 Å². The molecule has 37 heavy (non-hydrogen) atoms. The van der Waals surface area contributed by atoms with Gasteiger partial charge in [0.15, 0.2) is 5.78 Å². The minimum atomic E-state index is -0.622. The number of carbonyl (C=O) groups excluding carboxylic acids is 2. The number of nitrogens with zero attached hydrogens (tertiary/aromatic N) is 2. The van der Waals surface area contributed by atoms with Crippen molar-refractivity contribution >= 4 is 28.8 Å². The molecule has 0 unspecified atom stereocenters. The van der Waals surface area contributed by atoms with Crippen LogP contribution in [0, 0.1) is 10.1 Å². The van der Waals surface area contributed by atoms with Gasteiger partial charge in [-0.3, -0.25) is 24.6 Å². The number of Topliss-reactive ketones (excluding diaryl/α,β-unsaturated/α-hetero) is 1. The second kappa shape index (κ2) is 9.89. The number of para-hydroxylation sites is 2. The molecule has 0 radical (unpaired) electrons. The number of hydrogen-bond acceptors (Lipinski definition) is 6. The Morgan fingerprint density at radius 2 is 1.81 bits per heavy atom. The number of fused-ring (bicyclic) bond motifs is 1. The number of ether oxygens (including phenoxy) is 1. The topological polar surface area (TPSA) is 102 Å². The number of non-ortho nitro benzene ring substituents is 1. The van der Waals surface area contributed by atoms with E-state index < -0.39 is 11.0 Å². The molecule has 0 aromatic heterocycles. The normalized spacial score (nSPS) is 18.9. The monoisotopic (exact) mass is 497 g/mol. The zero-order valence-electron chi connectivity index (χ0n) is 20.6. The van der Waals surface area contributed by atoms with E-state index in [1.165, 1.54) is 6.07 Å². The van der Waals surface area contributed by atoms with Crippen molar-refractivity contribution in [2.45, 2.75) is 38.1 Å². The second-order valence-corrected chi connectivity index (χ2v) is 9.21. The molecule has 3 aromatic carbocycles. The van der Waals surface area contributed by atoms with Crippen molar-refractivity contribution < 1.29 is 19.2 Å². The van der Waals surface area contributed by atoms with Crippen LogP contribution in [0.1, 0.15) is 49.3 Å². The van der Waals surface area contributed by atoms with Crippen LogP contribution in [0.5, 0.6) is 5.75 Å². The molecule has 8 nitrogen and oxygen atoms in total. The highest BCUT2D eigenvalue weighted by atomic mass is 16.6. The number of hydrogen-bond donors (Lipinski definition) is 1. The lowest BCUT2D eigenvalue weighted by Crippen LogP contribution is -2.38. The number of allylic oxidation sites excluding steroid dienone is 1. The molecule has 188 valence electrons. The Bertz CT molecular complexity index is 1410. The Morgan fingerprint density at radius 3 is 2.51 bits per heavy atom. The van der Waals surface area contributed by atoms with Crippen molar-refractivity contribution in [2.24, 2.45) is 0 Å². The zero-order valence-corrected chi connectivity index (χ0v) is 20.6. The van der Waals surface area contributed by atoms with Crippen LogP contribution in [0.2, 0.25) is 0 Å². The molecule has 5 rings (SSSR count). The number of nitro benzene ring substituents is 1. The van der Waals surface area contributed by atoms with Crippen molar-refractivity contribution in [1.82, 2.24) is 0 Å². The smallest absolute Gasteiger partial charge is 0.269 e. The third-order valence-corrected chi connectivity index (χ3v) is 7.04. The summed E-state index contributed by atoms with van der Waals surface area (Å²) in [6.07, 6.45) is 0.949. The van der Waals surface area contributed by atoms with E-state index in [-0.39, 0.29) is 36.1 Å². The van der Waals surface area contributed by atoms with Crippen molar-refractivity contribution in [3.8, 4) is 5.75 Å². The number of anilines is 2. The highest BCUT2D eigenvalue weighted by Crippen LogP contribution is 2.47. The van der Waals surface area contributed by atoms with Gasteiger partial charge in [-0.1, -0.05) is 43.3 Å². The summed E-state index contributed by atoms with van der Waals surface area (Å²) in [6.45, 7) is 1.81. The van der Waals surface area contributed by atoms with E-state index >= 15 is 0 Å². The van der Waals surface area contributed by atoms with E-state index in [9.17, 15) is 19.7 Å². The SMILES string of the molecule is CCC(=O)N1c2ccccc2NC2=C(C(=O)C[C@@H](c3cccc([N+](=O)[O-])c3)C2)[C@@H]1c1ccc(OC)cc1. The largest absolute Gasteiger partial charge is 0.497 e. The van der Waals surface area contributed by atoms with Gasteiger partial charge in [0.05, 0.1) is 29.4 Å². The van der Waals surface area contributed by atoms with Gasteiger partial charge in [0.2, 0.25) is 5.91 Å². The predicted octanol–water partition coefficient (Wildman–Crippen LogP) is 5.91. The third-order valence-electron chi connectivity index (χ3n) is 7.04. The number of nitro groups is 1. The fourth-order valence-corrected chi connectivity index (χ4v) is 5.27. The first-order valence-electron chi connectivity index (χ1n) is 12.2. The lowest BCUT2D eigenvalue weighted by atomic mass is 9.78. The molecule has 1 aliphatic carbocycles. The van der Waals surface area contributed by atoms with Gasteiger partial charge < -0.3 is 10.1 Å². The van der Waals surface area contributed by atoms with Crippen LogP contribution < -0.4 is 15.0 Å². The van der Waals surface area contributed by atoms with Gasteiger partial charge >= 0.3 is 0 Å². The quantitative estimate of drug-likeness (QED) is 0.347. The number of carbonyl (C=O) groups is 2. The summed E-state index contributed by atoms with van der Waals surface area (Å²) in [5.74, 6) is 0.264. The third kappa shape index (κ3) is 4.46. The Morgan fingerprint density at radius 1 is 1.05 bits per heavy atom. The molecule has 0 bridgehead atoms. The number of amides is 1. The standard InChI is InChI=1S/C29H27N3O5/c1-3-27(34)31-25-10-5-4-9-23(25)30-24-16-20(19-7-6-8-21(15-19)32(35)36)17-26(33)28(24)29(31)18-11-13-22(37-2)14-12-18/h4-15,20,29-30H,3,16-17H2,1-2H3/t20-,29-/m0/s1. The van der Waals surface area contributed by atoms with E-state index in [1.54, 1.807) is 24.1 Å². The molecule has 8 heteroatoms. The summed E-state index contributed by atoms with van der Waals surface area (Å²) in [5, 5.41) is 14.8. The molecule has 2 aliphatic rings. The first-order valence-corrected chi connectivity index (χ1v) is 12.2. The second-order valence-electron chi connectivity index (χ2n) is 9.21. The fourth-order valence-electron chi connectivity index (χ4n) is 5.27. The van der Waals surface area contributed by atoms with Crippen LogP contribution >= 0.6 is 0 Å². The summed E-state index contributed by atoms with van der Waals surface area (Å²) in [7, 11) is 1.59. The maximum atomic E-state index is 13.9. The van der Waals surface area contributed by atoms with Gasteiger partial charge in [-0.15, -0.1) is 0 Å². The Balaban J connectivity index is 1.68. The summed E-state index contributed by atoms with van der Waals surface area (Å²) >= 11 is 0. The lowest BCUT2D eigenvalue weighted by Gasteiger charge is -2.35. The maximum Gasteiger partial charge on any atom is 0.269 e. The maximum absolute atomic E-state index is 13.9. The highest BCUT2D eigenvalue weighted by molar-refractivity contribution is 6.06. The molecule has 1 heterocycles. The molecule has 2 atom stereocenters. The number of rotatable bonds is 5. The van der Waals surface area contributed by atoms with Gasteiger partial charge in [-0.2, -0.15) is 0 Å². The first-order chi connectivity index (χ1) is 17.9.